The first-order valence-corrected chi connectivity index (χ1v) is 9.94. The van der Waals surface area contributed by atoms with Crippen molar-refractivity contribution in [3.05, 3.63) is 73.1 Å². The molecule has 0 N–H and O–H groups in total. The van der Waals surface area contributed by atoms with Crippen molar-refractivity contribution in [2.45, 2.75) is 22.8 Å². The van der Waals surface area contributed by atoms with Gasteiger partial charge >= 0.3 is 0 Å². The third-order valence-electron chi connectivity index (χ3n) is 4.72. The van der Waals surface area contributed by atoms with E-state index in [0.29, 0.717) is 5.82 Å². The van der Waals surface area contributed by atoms with Crippen LogP contribution >= 0.6 is 11.8 Å². The molecule has 7 nitrogen and oxygen atoms in total. The first-order valence-electron chi connectivity index (χ1n) is 9.12. The average Bonchev–Trinajstić information content (AvgIpc) is 3.27. The Morgan fingerprint density at radius 2 is 1.55 bits per heavy atom. The minimum absolute atomic E-state index is 0.121. The quantitative estimate of drug-likeness (QED) is 0.515. The molecule has 0 spiro atoms. The van der Waals surface area contributed by atoms with E-state index in [9.17, 15) is 4.79 Å². The Kier molecular flexibility index (Phi) is 4.33. The zero-order valence-electron chi connectivity index (χ0n) is 15.5. The predicted octanol–water partition coefficient (Wildman–Crippen LogP) is 4.13. The molecule has 2 aromatic carbocycles. The fraction of sp³-hybridized carbons (Fsp3) is 0.0952. The van der Waals surface area contributed by atoms with Crippen LogP contribution in [0.2, 0.25) is 0 Å². The number of tetrazole rings is 1. The second-order valence-electron chi connectivity index (χ2n) is 6.56. The number of hydrogen-bond acceptors (Lipinski definition) is 6. The lowest BCUT2D eigenvalue weighted by Gasteiger charge is -2.32. The van der Waals surface area contributed by atoms with Crippen LogP contribution in [0.1, 0.15) is 13.0 Å². The second kappa shape index (κ2) is 7.14. The van der Waals surface area contributed by atoms with Gasteiger partial charge in [0, 0.05) is 27.7 Å². The van der Waals surface area contributed by atoms with Crippen molar-refractivity contribution in [1.82, 2.24) is 25.2 Å². The number of carbonyl (C=O) groups excluding carboxylic acids is 1. The summed E-state index contributed by atoms with van der Waals surface area (Å²) in [6.07, 6.45) is 3.34. The van der Waals surface area contributed by atoms with E-state index in [-0.39, 0.29) is 5.91 Å². The van der Waals surface area contributed by atoms with Crippen molar-refractivity contribution >= 4 is 29.0 Å². The topological polar surface area (TPSA) is 76.8 Å². The van der Waals surface area contributed by atoms with Gasteiger partial charge in [0.15, 0.2) is 0 Å². The number of amides is 1. The number of aromatic nitrogens is 5. The monoisotopic (exact) mass is 400 g/mol. The third-order valence-corrected chi connectivity index (χ3v) is 5.85. The molecule has 1 aliphatic rings. The molecule has 0 aliphatic carbocycles. The molecular formula is C21H16N6OS. The molecular weight excluding hydrogens is 384 g/mol. The summed E-state index contributed by atoms with van der Waals surface area (Å²) in [6, 6.07) is 18.8. The highest BCUT2D eigenvalue weighted by Crippen LogP contribution is 2.48. The molecule has 0 fully saturated rings. The van der Waals surface area contributed by atoms with Crippen LogP contribution in [0.25, 0.3) is 11.4 Å². The van der Waals surface area contributed by atoms with Crippen LogP contribution in [0.5, 0.6) is 0 Å². The number of para-hydroxylation sites is 2. The van der Waals surface area contributed by atoms with Gasteiger partial charge in [0.25, 0.3) is 5.91 Å². The van der Waals surface area contributed by atoms with Gasteiger partial charge in [0.1, 0.15) is 6.04 Å². The summed E-state index contributed by atoms with van der Waals surface area (Å²) in [4.78, 5) is 22.7. The average molecular weight is 400 g/mol. The molecule has 1 aliphatic heterocycles. The highest BCUT2D eigenvalue weighted by molar-refractivity contribution is 7.99. The molecule has 2 aromatic heterocycles. The van der Waals surface area contributed by atoms with Gasteiger partial charge in [-0.2, -0.15) is 4.80 Å². The van der Waals surface area contributed by atoms with Crippen molar-refractivity contribution in [2.75, 3.05) is 4.90 Å². The summed E-state index contributed by atoms with van der Waals surface area (Å²) < 4.78 is 0. The van der Waals surface area contributed by atoms with Crippen LogP contribution in [0.15, 0.2) is 82.8 Å². The van der Waals surface area contributed by atoms with E-state index in [2.05, 4.69) is 20.4 Å². The number of anilines is 2. The molecule has 0 radical (unpaired) electrons. The van der Waals surface area contributed by atoms with Crippen LogP contribution < -0.4 is 4.90 Å². The molecule has 1 unspecified atom stereocenters. The van der Waals surface area contributed by atoms with E-state index in [1.54, 1.807) is 36.0 Å². The molecule has 142 valence electrons. The second-order valence-corrected chi connectivity index (χ2v) is 7.64. The van der Waals surface area contributed by atoms with Crippen LogP contribution in [-0.4, -0.2) is 31.1 Å². The molecule has 8 heteroatoms. The Bertz CT molecular complexity index is 1150. The number of hydrogen-bond donors (Lipinski definition) is 0. The molecule has 29 heavy (non-hydrogen) atoms. The van der Waals surface area contributed by atoms with E-state index < -0.39 is 6.04 Å². The van der Waals surface area contributed by atoms with Crippen molar-refractivity contribution < 1.29 is 4.79 Å². The lowest BCUT2D eigenvalue weighted by molar-refractivity contribution is -0.121. The fourth-order valence-electron chi connectivity index (χ4n) is 3.23. The molecule has 1 atom stereocenters. The van der Waals surface area contributed by atoms with Gasteiger partial charge in [-0.25, -0.2) is 0 Å². The van der Waals surface area contributed by atoms with E-state index in [1.807, 2.05) is 60.7 Å². The van der Waals surface area contributed by atoms with Gasteiger partial charge in [0.05, 0.1) is 11.4 Å². The standard InChI is InChI=1S/C21H16N6OS/c1-14(27-24-20(23-25-27)15-10-12-22-13-11-15)21(28)26-16-6-2-4-8-18(16)29-19-9-5-3-7-17(19)26/h2-14H,1H3. The van der Waals surface area contributed by atoms with E-state index >= 15 is 0 Å². The van der Waals surface area contributed by atoms with Gasteiger partial charge in [0.2, 0.25) is 5.82 Å². The summed E-state index contributed by atoms with van der Waals surface area (Å²) in [5.41, 5.74) is 2.53. The summed E-state index contributed by atoms with van der Waals surface area (Å²) >= 11 is 1.66. The summed E-state index contributed by atoms with van der Waals surface area (Å²) in [6.45, 7) is 1.79. The molecule has 0 bridgehead atoms. The van der Waals surface area contributed by atoms with Gasteiger partial charge in [-0.1, -0.05) is 36.0 Å². The molecule has 3 heterocycles. The van der Waals surface area contributed by atoms with Crippen molar-refractivity contribution in [1.29, 1.82) is 0 Å². The van der Waals surface area contributed by atoms with Crippen LogP contribution in [0.4, 0.5) is 11.4 Å². The van der Waals surface area contributed by atoms with Crippen LogP contribution in [-0.2, 0) is 4.79 Å². The molecule has 0 saturated heterocycles. The number of benzene rings is 2. The third kappa shape index (κ3) is 3.07. The van der Waals surface area contributed by atoms with E-state index in [1.165, 1.54) is 4.80 Å². The minimum Gasteiger partial charge on any atom is -0.277 e. The fourth-order valence-corrected chi connectivity index (χ4v) is 4.29. The Morgan fingerprint density at radius 3 is 2.21 bits per heavy atom. The maximum absolute atomic E-state index is 13.5. The number of rotatable bonds is 3. The Hall–Kier alpha value is -3.52. The number of fused-ring (bicyclic) bond motifs is 2. The highest BCUT2D eigenvalue weighted by atomic mass is 32.2. The van der Waals surface area contributed by atoms with Gasteiger partial charge < -0.3 is 0 Å². The Labute approximate surface area is 171 Å². The summed E-state index contributed by atoms with van der Waals surface area (Å²) in [5, 5.41) is 12.6. The molecule has 5 rings (SSSR count). The highest BCUT2D eigenvalue weighted by Gasteiger charge is 2.32. The summed E-state index contributed by atoms with van der Waals surface area (Å²) in [5.74, 6) is 0.339. The SMILES string of the molecule is CC(C(=O)N1c2ccccc2Sc2ccccc21)n1nnc(-c2ccncc2)n1. The van der Waals surface area contributed by atoms with Crippen LogP contribution in [0.3, 0.4) is 0 Å². The van der Waals surface area contributed by atoms with Crippen molar-refractivity contribution in [3.8, 4) is 11.4 Å². The van der Waals surface area contributed by atoms with Crippen LogP contribution in [0, 0.1) is 0 Å². The first kappa shape index (κ1) is 17.6. The zero-order chi connectivity index (χ0) is 19.8. The number of pyridine rings is 1. The molecule has 4 aromatic rings. The maximum atomic E-state index is 13.5. The van der Waals surface area contributed by atoms with Gasteiger partial charge in [-0.3, -0.25) is 14.7 Å². The van der Waals surface area contributed by atoms with Gasteiger partial charge in [-0.05, 0) is 48.5 Å². The van der Waals surface area contributed by atoms with E-state index in [0.717, 1.165) is 26.7 Å². The normalized spacial score (nSPS) is 13.5. The molecule has 1 amide bonds. The van der Waals surface area contributed by atoms with E-state index in [4.69, 9.17) is 0 Å². The first-order chi connectivity index (χ1) is 14.2. The predicted molar refractivity (Wildman–Crippen MR) is 110 cm³/mol. The number of nitrogens with zero attached hydrogens (tertiary/aromatic N) is 6. The Balaban J connectivity index is 1.52. The minimum atomic E-state index is -0.623. The Morgan fingerprint density at radius 1 is 0.931 bits per heavy atom. The van der Waals surface area contributed by atoms with Crippen molar-refractivity contribution in [3.63, 3.8) is 0 Å². The summed E-state index contributed by atoms with van der Waals surface area (Å²) in [7, 11) is 0. The lowest BCUT2D eigenvalue weighted by Crippen LogP contribution is -2.35. The maximum Gasteiger partial charge on any atom is 0.258 e. The van der Waals surface area contributed by atoms with Gasteiger partial charge in [-0.15, -0.1) is 10.2 Å². The smallest absolute Gasteiger partial charge is 0.258 e. The lowest BCUT2D eigenvalue weighted by atomic mass is 10.2. The van der Waals surface area contributed by atoms with Crippen molar-refractivity contribution in [2.24, 2.45) is 0 Å². The largest absolute Gasteiger partial charge is 0.277 e. The zero-order valence-corrected chi connectivity index (χ0v) is 16.3. The molecule has 0 saturated carbocycles. The number of carbonyl (C=O) groups is 1.